The number of nitrogens with two attached hydrogens (primary N) is 1. The molecule has 3 rings (SSSR count). The van der Waals surface area contributed by atoms with Gasteiger partial charge in [0.25, 0.3) is 5.91 Å². The van der Waals surface area contributed by atoms with E-state index in [1.165, 1.54) is 17.2 Å². The zero-order valence-corrected chi connectivity index (χ0v) is 12.9. The molecule has 7 nitrogen and oxygen atoms in total. The van der Waals surface area contributed by atoms with Gasteiger partial charge in [-0.15, -0.1) is 0 Å². The zero-order valence-electron chi connectivity index (χ0n) is 12.9. The first kappa shape index (κ1) is 15.8. The van der Waals surface area contributed by atoms with Crippen molar-refractivity contribution in [3.63, 3.8) is 0 Å². The van der Waals surface area contributed by atoms with Crippen molar-refractivity contribution in [2.24, 2.45) is 5.73 Å². The lowest BCUT2D eigenvalue weighted by Crippen LogP contribution is -2.43. The Kier molecular flexibility index (Phi) is 4.33. The Morgan fingerprint density at radius 1 is 1.21 bits per heavy atom. The highest BCUT2D eigenvalue weighted by Gasteiger charge is 2.35. The predicted molar refractivity (Wildman–Crippen MR) is 86.4 cm³/mol. The number of carbonyl (C=O) groups excluding carboxylic acids is 3. The minimum absolute atomic E-state index is 0.213. The molecule has 3 N–H and O–H groups in total. The third-order valence-corrected chi connectivity index (χ3v) is 3.96. The molecule has 124 valence electrons. The Morgan fingerprint density at radius 2 is 2.04 bits per heavy atom. The molecular weight excluding hydrogens is 310 g/mol. The van der Waals surface area contributed by atoms with E-state index in [2.05, 4.69) is 5.32 Å². The van der Waals surface area contributed by atoms with Crippen molar-refractivity contribution in [2.75, 3.05) is 11.9 Å². The van der Waals surface area contributed by atoms with E-state index in [9.17, 15) is 14.4 Å². The average molecular weight is 327 g/mol. The zero-order chi connectivity index (χ0) is 17.1. The number of rotatable bonds is 4. The summed E-state index contributed by atoms with van der Waals surface area (Å²) in [6.45, 7) is 0.499. The van der Waals surface area contributed by atoms with Gasteiger partial charge in [-0.05, 0) is 43.2 Å². The second-order valence-corrected chi connectivity index (χ2v) is 5.57. The number of likely N-dealkylation sites (tertiary alicyclic amines) is 1. The lowest BCUT2D eigenvalue weighted by Gasteiger charge is -2.23. The molecule has 0 saturated carbocycles. The van der Waals surface area contributed by atoms with Crippen molar-refractivity contribution in [3.8, 4) is 0 Å². The summed E-state index contributed by atoms with van der Waals surface area (Å²) in [4.78, 5) is 37.7. The lowest BCUT2D eigenvalue weighted by molar-refractivity contribution is -0.119. The molecule has 1 fully saturated rings. The lowest BCUT2D eigenvalue weighted by atomic mass is 10.1. The Hall–Kier alpha value is -3.09. The van der Waals surface area contributed by atoms with E-state index in [0.29, 0.717) is 24.2 Å². The molecular formula is C17H17N3O4. The smallest absolute Gasteiger partial charge is 0.290 e. The first-order valence-electron chi connectivity index (χ1n) is 7.61. The molecule has 1 aromatic carbocycles. The number of carbonyl (C=O) groups is 3. The number of nitrogens with zero attached hydrogens (tertiary/aromatic N) is 1. The summed E-state index contributed by atoms with van der Waals surface area (Å²) >= 11 is 0. The van der Waals surface area contributed by atoms with Crippen molar-refractivity contribution in [1.82, 2.24) is 4.90 Å². The normalized spacial score (nSPS) is 16.8. The fourth-order valence-corrected chi connectivity index (χ4v) is 2.80. The van der Waals surface area contributed by atoms with Crippen LogP contribution in [0.1, 0.15) is 33.8 Å². The predicted octanol–water partition coefficient (Wildman–Crippen LogP) is 1.62. The maximum Gasteiger partial charge on any atom is 0.290 e. The van der Waals surface area contributed by atoms with Gasteiger partial charge in [-0.3, -0.25) is 14.4 Å². The van der Waals surface area contributed by atoms with Crippen molar-refractivity contribution in [1.29, 1.82) is 0 Å². The molecule has 24 heavy (non-hydrogen) atoms. The van der Waals surface area contributed by atoms with Gasteiger partial charge in [0.15, 0.2) is 5.76 Å². The van der Waals surface area contributed by atoms with Gasteiger partial charge in [-0.2, -0.15) is 0 Å². The van der Waals surface area contributed by atoms with Crippen molar-refractivity contribution in [3.05, 3.63) is 54.0 Å². The highest BCUT2D eigenvalue weighted by Crippen LogP contribution is 2.22. The van der Waals surface area contributed by atoms with Crippen LogP contribution in [0.3, 0.4) is 0 Å². The van der Waals surface area contributed by atoms with E-state index in [1.54, 1.807) is 30.3 Å². The molecule has 1 atom stereocenters. The highest BCUT2D eigenvalue weighted by molar-refractivity contribution is 6.01. The number of benzene rings is 1. The van der Waals surface area contributed by atoms with Crippen LogP contribution in [0.2, 0.25) is 0 Å². The number of primary amides is 1. The Morgan fingerprint density at radius 3 is 2.75 bits per heavy atom. The number of nitrogens with one attached hydrogen (secondary N) is 1. The third kappa shape index (κ3) is 3.15. The fourth-order valence-electron chi connectivity index (χ4n) is 2.80. The molecule has 0 spiro atoms. The fraction of sp³-hybridized carbons (Fsp3) is 0.235. The standard InChI is InChI=1S/C17H17N3O4/c18-15(21)11-4-1-5-12(10-11)19-16(22)13-6-2-8-20(13)17(23)14-7-3-9-24-14/h1,3-5,7,9-10,13H,2,6,8H2,(H2,18,21)(H,19,22)/t13-/m0/s1. The van der Waals surface area contributed by atoms with Crippen LogP contribution in [0.15, 0.2) is 47.1 Å². The van der Waals surface area contributed by atoms with E-state index >= 15 is 0 Å². The van der Waals surface area contributed by atoms with Gasteiger partial charge in [0.1, 0.15) is 6.04 Å². The molecule has 2 aromatic rings. The summed E-state index contributed by atoms with van der Waals surface area (Å²) in [5.41, 5.74) is 6.01. The van der Waals surface area contributed by atoms with Gasteiger partial charge < -0.3 is 20.4 Å². The number of hydrogen-bond acceptors (Lipinski definition) is 4. The molecule has 1 aliphatic rings. The van der Waals surface area contributed by atoms with Crippen molar-refractivity contribution < 1.29 is 18.8 Å². The van der Waals surface area contributed by atoms with Crippen LogP contribution in [0.4, 0.5) is 5.69 Å². The Balaban J connectivity index is 1.73. The first-order valence-corrected chi connectivity index (χ1v) is 7.61. The number of furan rings is 1. The summed E-state index contributed by atoms with van der Waals surface area (Å²) in [7, 11) is 0. The Labute approximate surface area is 138 Å². The van der Waals surface area contributed by atoms with Crippen LogP contribution < -0.4 is 11.1 Å². The van der Waals surface area contributed by atoms with Gasteiger partial charge in [0.2, 0.25) is 11.8 Å². The van der Waals surface area contributed by atoms with E-state index in [1.807, 2.05) is 0 Å². The van der Waals surface area contributed by atoms with Crippen LogP contribution in [-0.4, -0.2) is 35.2 Å². The number of anilines is 1. The second kappa shape index (κ2) is 6.57. The van der Waals surface area contributed by atoms with Gasteiger partial charge in [0.05, 0.1) is 6.26 Å². The maximum absolute atomic E-state index is 12.5. The number of amides is 3. The number of hydrogen-bond donors (Lipinski definition) is 2. The largest absolute Gasteiger partial charge is 0.459 e. The minimum atomic E-state index is -0.570. The van der Waals surface area contributed by atoms with Crippen LogP contribution in [0, 0.1) is 0 Å². The molecule has 0 unspecified atom stereocenters. The van der Waals surface area contributed by atoms with E-state index < -0.39 is 11.9 Å². The van der Waals surface area contributed by atoms with E-state index in [0.717, 1.165) is 6.42 Å². The van der Waals surface area contributed by atoms with Gasteiger partial charge in [-0.25, -0.2) is 0 Å². The molecule has 1 aliphatic heterocycles. The molecule has 3 amide bonds. The topological polar surface area (TPSA) is 106 Å². The molecule has 1 aromatic heterocycles. The van der Waals surface area contributed by atoms with E-state index in [-0.39, 0.29) is 17.6 Å². The SMILES string of the molecule is NC(=O)c1cccc(NC(=O)[C@@H]2CCCN2C(=O)c2ccco2)c1. The third-order valence-electron chi connectivity index (χ3n) is 3.96. The molecule has 0 bridgehead atoms. The molecule has 1 saturated heterocycles. The second-order valence-electron chi connectivity index (χ2n) is 5.57. The van der Waals surface area contributed by atoms with Gasteiger partial charge >= 0.3 is 0 Å². The monoisotopic (exact) mass is 327 g/mol. The van der Waals surface area contributed by atoms with E-state index in [4.69, 9.17) is 10.2 Å². The molecule has 0 aliphatic carbocycles. The van der Waals surface area contributed by atoms with Crippen LogP contribution >= 0.6 is 0 Å². The summed E-state index contributed by atoms with van der Waals surface area (Å²) in [6.07, 6.45) is 2.74. The van der Waals surface area contributed by atoms with Crippen LogP contribution in [-0.2, 0) is 4.79 Å². The summed E-state index contributed by atoms with van der Waals surface area (Å²) in [5, 5.41) is 2.74. The first-order chi connectivity index (χ1) is 11.6. The van der Waals surface area contributed by atoms with Crippen LogP contribution in [0.25, 0.3) is 0 Å². The maximum atomic E-state index is 12.5. The van der Waals surface area contributed by atoms with Crippen molar-refractivity contribution in [2.45, 2.75) is 18.9 Å². The molecule has 7 heteroatoms. The van der Waals surface area contributed by atoms with Crippen LogP contribution in [0.5, 0.6) is 0 Å². The highest BCUT2D eigenvalue weighted by atomic mass is 16.3. The minimum Gasteiger partial charge on any atom is -0.459 e. The molecule has 0 radical (unpaired) electrons. The molecule has 2 heterocycles. The van der Waals surface area contributed by atoms with Gasteiger partial charge in [-0.1, -0.05) is 6.07 Å². The average Bonchev–Trinajstić information content (AvgIpc) is 3.26. The Bertz CT molecular complexity index is 770. The quantitative estimate of drug-likeness (QED) is 0.890. The van der Waals surface area contributed by atoms with Crippen molar-refractivity contribution >= 4 is 23.4 Å². The summed E-state index contributed by atoms with van der Waals surface area (Å²) < 4.78 is 5.12. The van der Waals surface area contributed by atoms with Gasteiger partial charge in [0, 0.05) is 17.8 Å². The summed E-state index contributed by atoms with van der Waals surface area (Å²) in [6, 6.07) is 9.02. The summed E-state index contributed by atoms with van der Waals surface area (Å²) in [5.74, 6) is -0.954.